The van der Waals surface area contributed by atoms with Crippen molar-refractivity contribution in [3.8, 4) is 23.3 Å². The van der Waals surface area contributed by atoms with E-state index in [4.69, 9.17) is 14.2 Å². The Hall–Kier alpha value is -4.83. The molecule has 7 heteroatoms. The zero-order valence-electron chi connectivity index (χ0n) is 20.9. The Labute approximate surface area is 216 Å². The lowest BCUT2D eigenvalue weighted by Crippen LogP contribution is -2.30. The maximum atomic E-state index is 12.4. The summed E-state index contributed by atoms with van der Waals surface area (Å²) < 4.78 is 16.5. The smallest absolute Gasteiger partial charge is 0.336 e. The van der Waals surface area contributed by atoms with Gasteiger partial charge in [-0.05, 0) is 67.0 Å². The molecule has 0 aliphatic carbocycles. The molecule has 0 radical (unpaired) electrons. The second kappa shape index (κ2) is 13.3. The van der Waals surface area contributed by atoms with Crippen molar-refractivity contribution < 1.29 is 23.8 Å². The molecule has 0 saturated carbocycles. The highest BCUT2D eigenvalue weighted by atomic mass is 16.6. The molecule has 188 valence electrons. The molecule has 0 aliphatic heterocycles. The number of nitrogens with one attached hydrogen (secondary N) is 1. The van der Waals surface area contributed by atoms with Gasteiger partial charge in [-0.25, -0.2) is 4.79 Å². The molecule has 0 saturated heterocycles. The lowest BCUT2D eigenvalue weighted by Gasteiger charge is -2.10. The molecule has 0 spiro atoms. The van der Waals surface area contributed by atoms with Crippen molar-refractivity contribution in [2.45, 2.75) is 26.5 Å². The van der Waals surface area contributed by atoms with E-state index in [2.05, 4.69) is 5.32 Å². The number of esters is 1. The van der Waals surface area contributed by atoms with Crippen molar-refractivity contribution in [1.29, 1.82) is 5.26 Å². The van der Waals surface area contributed by atoms with E-state index in [1.165, 1.54) is 19.3 Å². The summed E-state index contributed by atoms with van der Waals surface area (Å²) in [4.78, 5) is 24.5. The predicted octanol–water partition coefficient (Wildman–Crippen LogP) is 5.32. The van der Waals surface area contributed by atoms with Crippen molar-refractivity contribution in [2.24, 2.45) is 0 Å². The number of ether oxygens (including phenoxy) is 3. The number of carbonyl (C=O) groups is 2. The summed E-state index contributed by atoms with van der Waals surface area (Å²) in [7, 11) is 1.44. The lowest BCUT2D eigenvalue weighted by atomic mass is 10.1. The van der Waals surface area contributed by atoms with Crippen LogP contribution >= 0.6 is 0 Å². The number of rotatable bonds is 10. The van der Waals surface area contributed by atoms with Crippen LogP contribution in [0, 0.1) is 11.3 Å². The average Bonchev–Trinajstić information content (AvgIpc) is 2.90. The highest BCUT2D eigenvalue weighted by molar-refractivity contribution is 6.01. The van der Waals surface area contributed by atoms with Crippen LogP contribution in [0.5, 0.6) is 17.2 Å². The monoisotopic (exact) mass is 496 g/mol. The molecule has 1 N–H and O–H groups in total. The maximum Gasteiger partial charge on any atom is 0.336 e. The van der Waals surface area contributed by atoms with Crippen LogP contribution in [0.15, 0.2) is 84.4 Å². The van der Waals surface area contributed by atoms with Crippen LogP contribution in [0.1, 0.15) is 30.5 Å². The summed E-state index contributed by atoms with van der Waals surface area (Å²) >= 11 is 0. The Balaban J connectivity index is 1.61. The highest BCUT2D eigenvalue weighted by Crippen LogP contribution is 2.29. The van der Waals surface area contributed by atoms with Crippen molar-refractivity contribution >= 4 is 24.0 Å². The fraction of sp³-hybridized carbons (Fsp3) is 0.167. The molecule has 0 fully saturated rings. The second-order valence-electron chi connectivity index (χ2n) is 8.31. The summed E-state index contributed by atoms with van der Waals surface area (Å²) in [6, 6.07) is 23.8. The SMILES string of the molecule is COc1cc(/C=C(\C#N)C(=O)NC(C)C)ccc1OC(=O)/C=C/c1ccc(OCc2ccccc2)cc1. The minimum absolute atomic E-state index is 0.0417. The van der Waals surface area contributed by atoms with Gasteiger partial charge in [0.05, 0.1) is 7.11 Å². The normalized spacial score (nSPS) is 11.2. The molecule has 0 unspecified atom stereocenters. The Morgan fingerprint density at radius 2 is 1.68 bits per heavy atom. The highest BCUT2D eigenvalue weighted by Gasteiger charge is 2.12. The first-order valence-electron chi connectivity index (χ1n) is 11.7. The van der Waals surface area contributed by atoms with E-state index in [9.17, 15) is 14.9 Å². The van der Waals surface area contributed by atoms with Crippen molar-refractivity contribution in [3.63, 3.8) is 0 Å². The van der Waals surface area contributed by atoms with Gasteiger partial charge in [0.1, 0.15) is 24.0 Å². The van der Waals surface area contributed by atoms with Crippen LogP contribution < -0.4 is 19.5 Å². The van der Waals surface area contributed by atoms with Crippen LogP contribution in [-0.2, 0) is 16.2 Å². The number of amides is 1. The molecule has 0 aliphatic rings. The van der Waals surface area contributed by atoms with E-state index in [1.54, 1.807) is 24.3 Å². The number of hydrogen-bond acceptors (Lipinski definition) is 6. The van der Waals surface area contributed by atoms with Crippen molar-refractivity contribution in [1.82, 2.24) is 5.32 Å². The summed E-state index contributed by atoms with van der Waals surface area (Å²) in [5.41, 5.74) is 2.40. The van der Waals surface area contributed by atoms with Gasteiger partial charge in [0.15, 0.2) is 11.5 Å². The Morgan fingerprint density at radius 1 is 0.973 bits per heavy atom. The molecule has 0 bridgehead atoms. The van der Waals surface area contributed by atoms with Crippen molar-refractivity contribution in [3.05, 3.63) is 101 Å². The minimum atomic E-state index is -0.583. The molecule has 1 amide bonds. The first-order chi connectivity index (χ1) is 17.9. The number of nitrogens with zero attached hydrogens (tertiary/aromatic N) is 1. The molecular formula is C30H28N2O5. The van der Waals surface area contributed by atoms with E-state index in [0.29, 0.717) is 12.2 Å². The van der Waals surface area contributed by atoms with Gasteiger partial charge in [0.25, 0.3) is 5.91 Å². The summed E-state index contributed by atoms with van der Waals surface area (Å²) in [6.07, 6.45) is 4.40. The van der Waals surface area contributed by atoms with Gasteiger partial charge in [-0.2, -0.15) is 5.26 Å². The summed E-state index contributed by atoms with van der Waals surface area (Å²) in [6.45, 7) is 4.09. The number of benzene rings is 3. The number of nitriles is 1. The summed E-state index contributed by atoms with van der Waals surface area (Å²) in [5.74, 6) is 0.178. The second-order valence-corrected chi connectivity index (χ2v) is 8.31. The molecule has 37 heavy (non-hydrogen) atoms. The first-order valence-corrected chi connectivity index (χ1v) is 11.7. The Morgan fingerprint density at radius 3 is 2.32 bits per heavy atom. The maximum absolute atomic E-state index is 12.4. The van der Waals surface area contributed by atoms with Gasteiger partial charge >= 0.3 is 5.97 Å². The zero-order valence-corrected chi connectivity index (χ0v) is 20.9. The molecule has 3 aromatic rings. The quantitative estimate of drug-likeness (QED) is 0.176. The van der Waals surface area contributed by atoms with E-state index in [1.807, 2.05) is 74.5 Å². The minimum Gasteiger partial charge on any atom is -0.493 e. The van der Waals surface area contributed by atoms with E-state index >= 15 is 0 Å². The first kappa shape index (κ1) is 26.8. The van der Waals surface area contributed by atoms with Crippen molar-refractivity contribution in [2.75, 3.05) is 7.11 Å². The fourth-order valence-corrected chi connectivity index (χ4v) is 3.24. The molecule has 3 aromatic carbocycles. The number of carbonyl (C=O) groups excluding carboxylic acids is 2. The van der Waals surface area contributed by atoms with Crippen LogP contribution in [0.25, 0.3) is 12.2 Å². The molecular weight excluding hydrogens is 468 g/mol. The van der Waals surface area contributed by atoms with Crippen LogP contribution in [0.3, 0.4) is 0 Å². The third-order valence-electron chi connectivity index (χ3n) is 5.03. The topological polar surface area (TPSA) is 97.6 Å². The predicted molar refractivity (Wildman–Crippen MR) is 142 cm³/mol. The Kier molecular flexibility index (Phi) is 9.63. The zero-order chi connectivity index (χ0) is 26.6. The fourth-order valence-electron chi connectivity index (χ4n) is 3.24. The third-order valence-corrected chi connectivity index (χ3v) is 5.03. The Bertz CT molecular complexity index is 1320. The molecule has 0 atom stereocenters. The number of methoxy groups -OCH3 is 1. The van der Waals surface area contributed by atoms with E-state index in [0.717, 1.165) is 16.9 Å². The number of hydrogen-bond donors (Lipinski definition) is 1. The van der Waals surface area contributed by atoms with Crippen LogP contribution in [0.2, 0.25) is 0 Å². The van der Waals surface area contributed by atoms with E-state index < -0.39 is 11.9 Å². The average molecular weight is 497 g/mol. The van der Waals surface area contributed by atoms with Gasteiger partial charge < -0.3 is 19.5 Å². The van der Waals surface area contributed by atoms with Gasteiger partial charge in [0.2, 0.25) is 0 Å². The van der Waals surface area contributed by atoms with Crippen LogP contribution in [0.4, 0.5) is 0 Å². The van der Waals surface area contributed by atoms with Gasteiger partial charge in [-0.3, -0.25) is 4.79 Å². The van der Waals surface area contributed by atoms with Crippen LogP contribution in [-0.4, -0.2) is 25.0 Å². The molecule has 3 rings (SSSR count). The lowest BCUT2D eigenvalue weighted by molar-refractivity contribution is -0.129. The van der Waals surface area contributed by atoms with Gasteiger partial charge in [0, 0.05) is 12.1 Å². The third kappa shape index (κ3) is 8.41. The largest absolute Gasteiger partial charge is 0.493 e. The molecule has 7 nitrogen and oxygen atoms in total. The van der Waals surface area contributed by atoms with E-state index in [-0.39, 0.29) is 23.1 Å². The molecule has 0 heterocycles. The molecule has 0 aromatic heterocycles. The van der Waals surface area contributed by atoms with Gasteiger partial charge in [-0.15, -0.1) is 0 Å². The standard InChI is InChI=1S/C30H28N2O5/c1-21(2)32-30(34)25(19-31)17-24-11-15-27(28(18-24)35-3)37-29(33)16-12-22-9-13-26(14-10-22)36-20-23-7-5-4-6-8-23/h4-18,21H,20H2,1-3H3,(H,32,34)/b16-12+,25-17+. The summed E-state index contributed by atoms with van der Waals surface area (Å²) in [5, 5.41) is 12.0. The van der Waals surface area contributed by atoms with Gasteiger partial charge in [-0.1, -0.05) is 48.5 Å².